The summed E-state index contributed by atoms with van der Waals surface area (Å²) in [6.45, 7) is 0. The van der Waals surface area contributed by atoms with Crippen molar-refractivity contribution >= 4 is 17.3 Å². The molecule has 4 heteroatoms. The lowest BCUT2D eigenvalue weighted by Gasteiger charge is -2.23. The molecule has 0 saturated heterocycles. The topological polar surface area (TPSA) is 29.9 Å². The molecule has 1 fully saturated rings. The van der Waals surface area contributed by atoms with E-state index in [4.69, 9.17) is 11.6 Å². The van der Waals surface area contributed by atoms with Crippen LogP contribution in [0.5, 0.6) is 0 Å². The summed E-state index contributed by atoms with van der Waals surface area (Å²) in [5.41, 5.74) is 0.973. The van der Waals surface area contributed by atoms with Gasteiger partial charge in [-0.15, -0.1) is 0 Å². The highest BCUT2D eigenvalue weighted by molar-refractivity contribution is 6.32. The maximum Gasteiger partial charge on any atom is 0.149 e. The third kappa shape index (κ3) is 2.03. The monoisotopic (exact) mass is 213 g/mol. The summed E-state index contributed by atoms with van der Waals surface area (Å²) < 4.78 is 1.69. The van der Waals surface area contributed by atoms with Crippen molar-refractivity contribution in [3.8, 4) is 0 Å². The highest BCUT2D eigenvalue weighted by Gasteiger charge is 2.15. The van der Waals surface area contributed by atoms with E-state index >= 15 is 0 Å². The van der Waals surface area contributed by atoms with Gasteiger partial charge in [0.25, 0.3) is 0 Å². The SMILES string of the molecule is Cn1ncc(NC2CCCCC2)c1Cl. The maximum absolute atomic E-state index is 6.07. The Balaban J connectivity index is 1.99. The molecule has 3 nitrogen and oxygen atoms in total. The van der Waals surface area contributed by atoms with Gasteiger partial charge in [0.2, 0.25) is 0 Å². The van der Waals surface area contributed by atoms with E-state index in [0.29, 0.717) is 11.2 Å². The second-order valence-corrected chi connectivity index (χ2v) is 4.31. The molecule has 0 amide bonds. The Hall–Kier alpha value is -0.700. The summed E-state index contributed by atoms with van der Waals surface area (Å²) in [6, 6.07) is 0.588. The molecule has 2 rings (SSSR count). The molecule has 1 aliphatic rings. The van der Waals surface area contributed by atoms with Gasteiger partial charge in [-0.2, -0.15) is 5.10 Å². The predicted octanol–water partition coefficient (Wildman–Crippen LogP) is 2.82. The first-order valence-electron chi connectivity index (χ1n) is 5.21. The van der Waals surface area contributed by atoms with Crippen LogP contribution in [0.15, 0.2) is 6.20 Å². The standard InChI is InChI=1S/C10H16ClN3/c1-14-10(11)9(7-12-14)13-8-5-3-2-4-6-8/h7-8,13H,2-6H2,1H3. The van der Waals surface area contributed by atoms with Gasteiger partial charge in [-0.25, -0.2) is 0 Å². The summed E-state index contributed by atoms with van der Waals surface area (Å²) in [4.78, 5) is 0. The van der Waals surface area contributed by atoms with Crippen LogP contribution in [0.4, 0.5) is 5.69 Å². The summed E-state index contributed by atoms with van der Waals surface area (Å²) in [5.74, 6) is 0. The lowest BCUT2D eigenvalue weighted by Crippen LogP contribution is -2.22. The molecule has 1 saturated carbocycles. The van der Waals surface area contributed by atoms with Crippen molar-refractivity contribution in [3.63, 3.8) is 0 Å². The largest absolute Gasteiger partial charge is 0.379 e. The summed E-state index contributed by atoms with van der Waals surface area (Å²) >= 11 is 6.07. The molecule has 0 bridgehead atoms. The smallest absolute Gasteiger partial charge is 0.149 e. The fraction of sp³-hybridized carbons (Fsp3) is 0.700. The predicted molar refractivity (Wildman–Crippen MR) is 58.7 cm³/mol. The van der Waals surface area contributed by atoms with Crippen LogP contribution in [-0.4, -0.2) is 15.8 Å². The Morgan fingerprint density at radius 3 is 2.71 bits per heavy atom. The van der Waals surface area contributed by atoms with E-state index in [-0.39, 0.29) is 0 Å². The number of halogens is 1. The van der Waals surface area contributed by atoms with E-state index in [0.717, 1.165) is 5.69 Å². The average molecular weight is 214 g/mol. The molecule has 1 aromatic rings. The molecule has 0 aliphatic heterocycles. The lowest BCUT2D eigenvalue weighted by atomic mass is 9.95. The molecule has 1 aliphatic carbocycles. The van der Waals surface area contributed by atoms with Gasteiger partial charge in [0, 0.05) is 13.1 Å². The minimum atomic E-state index is 0.588. The van der Waals surface area contributed by atoms with Crippen LogP contribution >= 0.6 is 11.6 Å². The van der Waals surface area contributed by atoms with E-state index in [1.54, 1.807) is 10.9 Å². The van der Waals surface area contributed by atoms with Crippen LogP contribution in [0, 0.1) is 0 Å². The zero-order chi connectivity index (χ0) is 9.97. The maximum atomic E-state index is 6.07. The van der Waals surface area contributed by atoms with Crippen molar-refractivity contribution in [2.45, 2.75) is 38.1 Å². The quantitative estimate of drug-likeness (QED) is 0.819. The molecule has 0 aromatic carbocycles. The van der Waals surface area contributed by atoms with E-state index in [1.807, 2.05) is 7.05 Å². The van der Waals surface area contributed by atoms with Crippen molar-refractivity contribution < 1.29 is 0 Å². The highest BCUT2D eigenvalue weighted by Crippen LogP contribution is 2.25. The van der Waals surface area contributed by atoms with Gasteiger partial charge in [-0.1, -0.05) is 30.9 Å². The van der Waals surface area contributed by atoms with Crippen LogP contribution in [0.3, 0.4) is 0 Å². The molecule has 0 unspecified atom stereocenters. The average Bonchev–Trinajstić information content (AvgIpc) is 2.52. The van der Waals surface area contributed by atoms with Gasteiger partial charge in [0.05, 0.1) is 11.9 Å². The van der Waals surface area contributed by atoms with Crippen molar-refractivity contribution in [3.05, 3.63) is 11.3 Å². The van der Waals surface area contributed by atoms with E-state index in [9.17, 15) is 0 Å². The minimum absolute atomic E-state index is 0.588. The number of aryl methyl sites for hydroxylation is 1. The molecule has 1 aromatic heterocycles. The van der Waals surface area contributed by atoms with Crippen LogP contribution in [0.25, 0.3) is 0 Å². The van der Waals surface area contributed by atoms with Crippen molar-refractivity contribution in [1.29, 1.82) is 0 Å². The molecule has 0 spiro atoms. The first-order valence-corrected chi connectivity index (χ1v) is 5.59. The number of anilines is 1. The number of nitrogens with one attached hydrogen (secondary N) is 1. The first kappa shape index (κ1) is 9.84. The zero-order valence-electron chi connectivity index (χ0n) is 8.46. The highest BCUT2D eigenvalue weighted by atomic mass is 35.5. The van der Waals surface area contributed by atoms with Gasteiger partial charge in [0.1, 0.15) is 5.15 Å². The van der Waals surface area contributed by atoms with E-state index in [2.05, 4.69) is 10.4 Å². The van der Waals surface area contributed by atoms with Crippen LogP contribution < -0.4 is 5.32 Å². The van der Waals surface area contributed by atoms with Gasteiger partial charge in [-0.05, 0) is 12.8 Å². The Kier molecular flexibility index (Phi) is 2.96. The summed E-state index contributed by atoms with van der Waals surface area (Å²) in [6.07, 6.45) is 8.34. The molecule has 0 atom stereocenters. The Morgan fingerprint density at radius 2 is 2.14 bits per heavy atom. The van der Waals surface area contributed by atoms with Gasteiger partial charge >= 0.3 is 0 Å². The Labute approximate surface area is 89.4 Å². The fourth-order valence-corrected chi connectivity index (χ4v) is 2.13. The van der Waals surface area contributed by atoms with Crippen molar-refractivity contribution in [2.24, 2.45) is 7.05 Å². The molecule has 1 N–H and O–H groups in total. The molecule has 78 valence electrons. The second kappa shape index (κ2) is 4.22. The zero-order valence-corrected chi connectivity index (χ0v) is 9.22. The number of hydrogen-bond acceptors (Lipinski definition) is 2. The number of rotatable bonds is 2. The summed E-state index contributed by atoms with van der Waals surface area (Å²) in [5, 5.41) is 8.26. The Morgan fingerprint density at radius 1 is 1.43 bits per heavy atom. The molecule has 0 radical (unpaired) electrons. The summed E-state index contributed by atoms with van der Waals surface area (Å²) in [7, 11) is 1.86. The molecular weight excluding hydrogens is 198 g/mol. The van der Waals surface area contributed by atoms with Crippen LogP contribution in [0.1, 0.15) is 32.1 Å². The van der Waals surface area contributed by atoms with Crippen molar-refractivity contribution in [1.82, 2.24) is 9.78 Å². The minimum Gasteiger partial charge on any atom is -0.379 e. The normalized spacial score (nSPS) is 18.4. The third-order valence-corrected chi connectivity index (χ3v) is 3.28. The van der Waals surface area contributed by atoms with E-state index < -0.39 is 0 Å². The number of hydrogen-bond donors (Lipinski definition) is 1. The third-order valence-electron chi connectivity index (χ3n) is 2.83. The van der Waals surface area contributed by atoms with Gasteiger partial charge < -0.3 is 5.32 Å². The Bertz CT molecular complexity index is 302. The van der Waals surface area contributed by atoms with Crippen LogP contribution in [-0.2, 0) is 7.05 Å². The fourth-order valence-electron chi connectivity index (χ4n) is 1.99. The number of nitrogens with zero attached hydrogens (tertiary/aromatic N) is 2. The lowest BCUT2D eigenvalue weighted by molar-refractivity contribution is 0.463. The van der Waals surface area contributed by atoms with Crippen molar-refractivity contribution in [2.75, 3.05) is 5.32 Å². The molecular formula is C10H16ClN3. The second-order valence-electron chi connectivity index (χ2n) is 3.95. The van der Waals surface area contributed by atoms with E-state index in [1.165, 1.54) is 32.1 Å². The molecule has 1 heterocycles. The van der Waals surface area contributed by atoms with Gasteiger partial charge in [0.15, 0.2) is 0 Å². The van der Waals surface area contributed by atoms with Crippen LogP contribution in [0.2, 0.25) is 5.15 Å². The van der Waals surface area contributed by atoms with Gasteiger partial charge in [-0.3, -0.25) is 4.68 Å². The molecule has 14 heavy (non-hydrogen) atoms. The first-order chi connectivity index (χ1) is 6.77. The number of aromatic nitrogens is 2.